The third-order valence-electron chi connectivity index (χ3n) is 3.15. The zero-order valence-corrected chi connectivity index (χ0v) is 12.4. The standard InChI is InChI=1S/C15H27N3O/c1-4-6-9-17-15(19)12-18-10-7-14(11-18)13(3)16-8-5-2/h7,10-11,13,16H,4-6,8-9,12H2,1-3H3,(H,17,19). The highest BCUT2D eigenvalue weighted by molar-refractivity contribution is 5.75. The highest BCUT2D eigenvalue weighted by Crippen LogP contribution is 2.12. The van der Waals surface area contributed by atoms with Crippen LogP contribution in [0, 0.1) is 0 Å². The zero-order chi connectivity index (χ0) is 14.1. The maximum absolute atomic E-state index is 11.7. The van der Waals surface area contributed by atoms with Gasteiger partial charge in [-0.25, -0.2) is 0 Å². The summed E-state index contributed by atoms with van der Waals surface area (Å²) < 4.78 is 1.95. The molecule has 1 aromatic rings. The SMILES string of the molecule is CCCCNC(=O)Cn1ccc(C(C)NCCC)c1. The first-order valence-corrected chi connectivity index (χ1v) is 7.33. The van der Waals surface area contributed by atoms with Crippen LogP contribution in [0.1, 0.15) is 51.6 Å². The summed E-state index contributed by atoms with van der Waals surface area (Å²) >= 11 is 0. The van der Waals surface area contributed by atoms with Gasteiger partial charge >= 0.3 is 0 Å². The van der Waals surface area contributed by atoms with Crippen molar-refractivity contribution in [1.29, 1.82) is 0 Å². The van der Waals surface area contributed by atoms with Gasteiger partial charge in [-0.1, -0.05) is 20.3 Å². The Bertz CT molecular complexity index is 373. The molecule has 1 aromatic heterocycles. The summed E-state index contributed by atoms with van der Waals surface area (Å²) in [7, 11) is 0. The van der Waals surface area contributed by atoms with Crippen LogP contribution in [0.5, 0.6) is 0 Å². The second kappa shape index (κ2) is 8.75. The predicted molar refractivity (Wildman–Crippen MR) is 79.1 cm³/mol. The fraction of sp³-hybridized carbons (Fsp3) is 0.667. The fourth-order valence-electron chi connectivity index (χ4n) is 1.92. The van der Waals surface area contributed by atoms with Gasteiger partial charge in [-0.3, -0.25) is 4.79 Å². The van der Waals surface area contributed by atoms with Crippen molar-refractivity contribution in [3.8, 4) is 0 Å². The molecule has 4 heteroatoms. The van der Waals surface area contributed by atoms with Gasteiger partial charge in [0.1, 0.15) is 6.54 Å². The summed E-state index contributed by atoms with van der Waals surface area (Å²) in [6.45, 7) is 8.63. The maximum Gasteiger partial charge on any atom is 0.239 e. The lowest BCUT2D eigenvalue weighted by molar-refractivity contribution is -0.121. The fourth-order valence-corrected chi connectivity index (χ4v) is 1.92. The van der Waals surface area contributed by atoms with E-state index in [0.717, 1.165) is 32.4 Å². The lowest BCUT2D eigenvalue weighted by atomic mass is 10.2. The Labute approximate surface area is 116 Å². The number of hydrogen-bond acceptors (Lipinski definition) is 2. The molecule has 1 atom stereocenters. The van der Waals surface area contributed by atoms with E-state index in [1.807, 2.05) is 17.0 Å². The number of nitrogens with one attached hydrogen (secondary N) is 2. The molecule has 1 rings (SSSR count). The van der Waals surface area contributed by atoms with Gasteiger partial charge in [-0.2, -0.15) is 0 Å². The molecule has 19 heavy (non-hydrogen) atoms. The average Bonchev–Trinajstić information content (AvgIpc) is 2.84. The lowest BCUT2D eigenvalue weighted by Crippen LogP contribution is -2.28. The number of carbonyl (C=O) groups is 1. The molecule has 2 N–H and O–H groups in total. The Morgan fingerprint density at radius 3 is 2.79 bits per heavy atom. The van der Waals surface area contributed by atoms with Crippen molar-refractivity contribution >= 4 is 5.91 Å². The van der Waals surface area contributed by atoms with E-state index >= 15 is 0 Å². The molecule has 0 fully saturated rings. The molecular weight excluding hydrogens is 238 g/mol. The summed E-state index contributed by atoms with van der Waals surface area (Å²) in [6.07, 6.45) is 7.30. The molecule has 1 amide bonds. The molecule has 1 heterocycles. The highest BCUT2D eigenvalue weighted by Gasteiger charge is 2.07. The van der Waals surface area contributed by atoms with E-state index in [-0.39, 0.29) is 5.91 Å². The van der Waals surface area contributed by atoms with Crippen LogP contribution >= 0.6 is 0 Å². The number of carbonyl (C=O) groups excluding carboxylic acids is 1. The summed E-state index contributed by atoms with van der Waals surface area (Å²) in [5.41, 5.74) is 1.23. The smallest absolute Gasteiger partial charge is 0.239 e. The van der Waals surface area contributed by atoms with Crippen molar-refractivity contribution in [2.45, 2.75) is 52.6 Å². The second-order valence-electron chi connectivity index (χ2n) is 5.00. The van der Waals surface area contributed by atoms with Gasteiger partial charge in [0, 0.05) is 25.0 Å². The van der Waals surface area contributed by atoms with E-state index in [1.165, 1.54) is 5.56 Å². The van der Waals surface area contributed by atoms with Crippen molar-refractivity contribution < 1.29 is 4.79 Å². The average molecular weight is 265 g/mol. The molecular formula is C15H27N3O. The van der Waals surface area contributed by atoms with E-state index in [1.54, 1.807) is 0 Å². The minimum Gasteiger partial charge on any atom is -0.355 e. The topological polar surface area (TPSA) is 46.1 Å². The van der Waals surface area contributed by atoms with Gasteiger partial charge in [0.15, 0.2) is 0 Å². The van der Waals surface area contributed by atoms with Crippen LogP contribution in [-0.2, 0) is 11.3 Å². The molecule has 1 unspecified atom stereocenters. The Hall–Kier alpha value is -1.29. The molecule has 0 saturated carbocycles. The highest BCUT2D eigenvalue weighted by atomic mass is 16.1. The lowest BCUT2D eigenvalue weighted by Gasteiger charge is -2.11. The van der Waals surface area contributed by atoms with Crippen molar-refractivity contribution in [2.24, 2.45) is 0 Å². The summed E-state index contributed by atoms with van der Waals surface area (Å²) in [6, 6.07) is 2.41. The van der Waals surface area contributed by atoms with Crippen molar-refractivity contribution in [2.75, 3.05) is 13.1 Å². The molecule has 0 bridgehead atoms. The van der Waals surface area contributed by atoms with Crippen molar-refractivity contribution in [3.05, 3.63) is 24.0 Å². The van der Waals surface area contributed by atoms with Crippen molar-refractivity contribution in [3.63, 3.8) is 0 Å². The molecule has 0 spiro atoms. The second-order valence-corrected chi connectivity index (χ2v) is 5.00. The number of amides is 1. The molecule has 108 valence electrons. The molecule has 4 nitrogen and oxygen atoms in total. The number of aromatic nitrogens is 1. The van der Waals surface area contributed by atoms with Crippen LogP contribution in [0.2, 0.25) is 0 Å². The van der Waals surface area contributed by atoms with Gasteiger partial charge in [0.25, 0.3) is 0 Å². The third kappa shape index (κ3) is 5.92. The van der Waals surface area contributed by atoms with Crippen LogP contribution in [0.4, 0.5) is 0 Å². The molecule has 0 aliphatic heterocycles. The Balaban J connectivity index is 2.39. The Kier molecular flexibility index (Phi) is 7.26. The van der Waals surface area contributed by atoms with Gasteiger partial charge in [0.2, 0.25) is 5.91 Å². The summed E-state index contributed by atoms with van der Waals surface area (Å²) in [5.74, 6) is 0.0878. The maximum atomic E-state index is 11.7. The van der Waals surface area contributed by atoms with E-state index in [0.29, 0.717) is 12.6 Å². The van der Waals surface area contributed by atoms with Gasteiger partial charge in [-0.15, -0.1) is 0 Å². The molecule has 0 radical (unpaired) electrons. The van der Waals surface area contributed by atoms with Gasteiger partial charge < -0.3 is 15.2 Å². The van der Waals surface area contributed by atoms with E-state index in [4.69, 9.17) is 0 Å². The Morgan fingerprint density at radius 1 is 1.32 bits per heavy atom. The van der Waals surface area contributed by atoms with E-state index in [2.05, 4.69) is 37.5 Å². The van der Waals surface area contributed by atoms with E-state index in [9.17, 15) is 4.79 Å². The summed E-state index contributed by atoms with van der Waals surface area (Å²) in [5, 5.41) is 6.37. The number of unbranched alkanes of at least 4 members (excludes halogenated alkanes) is 1. The van der Waals surface area contributed by atoms with Crippen LogP contribution < -0.4 is 10.6 Å². The molecule has 0 aliphatic rings. The quantitative estimate of drug-likeness (QED) is 0.674. The molecule has 0 aromatic carbocycles. The minimum atomic E-state index is 0.0878. The minimum absolute atomic E-state index is 0.0878. The number of rotatable bonds is 9. The van der Waals surface area contributed by atoms with E-state index < -0.39 is 0 Å². The normalized spacial score (nSPS) is 12.4. The first kappa shape index (κ1) is 15.8. The monoisotopic (exact) mass is 265 g/mol. The Morgan fingerprint density at radius 2 is 2.11 bits per heavy atom. The predicted octanol–water partition coefficient (Wildman–Crippen LogP) is 2.46. The number of nitrogens with zero attached hydrogens (tertiary/aromatic N) is 1. The first-order valence-electron chi connectivity index (χ1n) is 7.33. The van der Waals surface area contributed by atoms with Crippen molar-refractivity contribution in [1.82, 2.24) is 15.2 Å². The molecule has 0 aliphatic carbocycles. The first-order chi connectivity index (χ1) is 9.17. The van der Waals surface area contributed by atoms with Gasteiger partial charge in [-0.05, 0) is 37.9 Å². The van der Waals surface area contributed by atoms with Crippen LogP contribution in [-0.4, -0.2) is 23.6 Å². The number of hydrogen-bond donors (Lipinski definition) is 2. The zero-order valence-electron chi connectivity index (χ0n) is 12.4. The third-order valence-corrected chi connectivity index (χ3v) is 3.15. The van der Waals surface area contributed by atoms with Crippen LogP contribution in [0.15, 0.2) is 18.5 Å². The van der Waals surface area contributed by atoms with Crippen LogP contribution in [0.25, 0.3) is 0 Å². The molecule has 0 saturated heterocycles. The summed E-state index contributed by atoms with van der Waals surface area (Å²) in [4.78, 5) is 11.7. The van der Waals surface area contributed by atoms with Crippen LogP contribution in [0.3, 0.4) is 0 Å². The largest absolute Gasteiger partial charge is 0.355 e. The van der Waals surface area contributed by atoms with Gasteiger partial charge in [0.05, 0.1) is 0 Å².